The molecule has 1 aliphatic heterocycles. The number of nitrogens with one attached hydrogen (secondary N) is 1. The number of fused-ring (bicyclic) bond motifs is 1. The van der Waals surface area contributed by atoms with E-state index < -0.39 is 0 Å². The molecule has 1 heterocycles. The maximum Gasteiger partial charge on any atom is 0.163 e. The largest absolute Gasteiger partial charge is 0.486 e. The summed E-state index contributed by atoms with van der Waals surface area (Å²) >= 11 is 0. The first-order chi connectivity index (χ1) is 9.83. The zero-order chi connectivity index (χ0) is 13.8. The predicted molar refractivity (Wildman–Crippen MR) is 81.5 cm³/mol. The smallest absolute Gasteiger partial charge is 0.163 e. The number of hydrogen-bond donors (Lipinski definition) is 2. The average Bonchev–Trinajstić information content (AvgIpc) is 2.49. The molecular weight excluding hydrogens is 252 g/mol. The fourth-order valence-electron chi connectivity index (χ4n) is 3.14. The van der Waals surface area contributed by atoms with E-state index in [2.05, 4.69) is 5.32 Å². The summed E-state index contributed by atoms with van der Waals surface area (Å²) < 4.78 is 11.1. The second-order valence-corrected chi connectivity index (χ2v) is 5.80. The Bertz CT molecular complexity index is 456. The summed E-state index contributed by atoms with van der Waals surface area (Å²) in [6.07, 6.45) is 8.22. The Balaban J connectivity index is 1.56. The lowest BCUT2D eigenvalue weighted by atomic mass is 9.87. The molecule has 1 saturated carbocycles. The van der Waals surface area contributed by atoms with E-state index in [0.717, 1.165) is 35.3 Å². The average molecular weight is 276 g/mol. The number of rotatable bonds is 4. The maximum atomic E-state index is 6.07. The summed E-state index contributed by atoms with van der Waals surface area (Å²) in [5.41, 5.74) is 7.76. The summed E-state index contributed by atoms with van der Waals surface area (Å²) in [5.74, 6) is 2.44. The molecule has 2 aliphatic rings. The van der Waals surface area contributed by atoms with E-state index in [1.165, 1.54) is 38.5 Å². The van der Waals surface area contributed by atoms with Gasteiger partial charge in [0.25, 0.3) is 0 Å². The van der Waals surface area contributed by atoms with Crippen molar-refractivity contribution in [2.45, 2.75) is 38.5 Å². The van der Waals surface area contributed by atoms with Gasteiger partial charge < -0.3 is 20.5 Å². The first-order valence-electron chi connectivity index (χ1n) is 7.76. The van der Waals surface area contributed by atoms with Gasteiger partial charge in [0.2, 0.25) is 0 Å². The molecule has 110 valence electrons. The van der Waals surface area contributed by atoms with Crippen molar-refractivity contribution in [2.24, 2.45) is 5.92 Å². The highest BCUT2D eigenvalue weighted by molar-refractivity contribution is 5.72. The van der Waals surface area contributed by atoms with Crippen molar-refractivity contribution in [2.75, 3.05) is 30.8 Å². The van der Waals surface area contributed by atoms with E-state index in [9.17, 15) is 0 Å². The highest BCUT2D eigenvalue weighted by Gasteiger charge is 2.16. The van der Waals surface area contributed by atoms with Crippen molar-refractivity contribution in [3.8, 4) is 11.5 Å². The van der Waals surface area contributed by atoms with Crippen LogP contribution in [-0.2, 0) is 0 Å². The molecule has 0 spiro atoms. The second kappa shape index (κ2) is 6.25. The van der Waals surface area contributed by atoms with Gasteiger partial charge in [-0.3, -0.25) is 0 Å². The summed E-state index contributed by atoms with van der Waals surface area (Å²) in [6, 6.07) is 3.82. The monoisotopic (exact) mass is 276 g/mol. The van der Waals surface area contributed by atoms with Gasteiger partial charge in [-0.25, -0.2) is 0 Å². The molecule has 0 radical (unpaired) electrons. The van der Waals surface area contributed by atoms with Crippen molar-refractivity contribution in [3.05, 3.63) is 12.1 Å². The van der Waals surface area contributed by atoms with E-state index in [-0.39, 0.29) is 0 Å². The SMILES string of the molecule is Nc1cc2c(cc1NCCC1CCCCC1)OCCO2. The Labute approximate surface area is 120 Å². The zero-order valence-corrected chi connectivity index (χ0v) is 12.0. The third kappa shape index (κ3) is 3.11. The minimum absolute atomic E-state index is 0.598. The van der Waals surface area contributed by atoms with Crippen LogP contribution in [0.4, 0.5) is 11.4 Å². The fraction of sp³-hybridized carbons (Fsp3) is 0.625. The van der Waals surface area contributed by atoms with E-state index >= 15 is 0 Å². The summed E-state index contributed by atoms with van der Waals surface area (Å²) in [4.78, 5) is 0. The topological polar surface area (TPSA) is 56.5 Å². The van der Waals surface area contributed by atoms with Crippen molar-refractivity contribution in [3.63, 3.8) is 0 Å². The van der Waals surface area contributed by atoms with Crippen LogP contribution in [0.5, 0.6) is 11.5 Å². The van der Waals surface area contributed by atoms with Gasteiger partial charge in [0.05, 0.1) is 11.4 Å². The first kappa shape index (κ1) is 13.4. The van der Waals surface area contributed by atoms with Crippen LogP contribution in [0.15, 0.2) is 12.1 Å². The third-order valence-corrected chi connectivity index (χ3v) is 4.31. The van der Waals surface area contributed by atoms with Gasteiger partial charge in [-0.05, 0) is 12.3 Å². The molecular formula is C16H24N2O2. The molecule has 0 unspecified atom stereocenters. The molecule has 20 heavy (non-hydrogen) atoms. The molecule has 1 fully saturated rings. The van der Waals surface area contributed by atoms with Gasteiger partial charge in [-0.1, -0.05) is 32.1 Å². The zero-order valence-electron chi connectivity index (χ0n) is 12.0. The van der Waals surface area contributed by atoms with Gasteiger partial charge in [-0.2, -0.15) is 0 Å². The third-order valence-electron chi connectivity index (χ3n) is 4.31. The first-order valence-corrected chi connectivity index (χ1v) is 7.76. The Morgan fingerprint density at radius 1 is 1.05 bits per heavy atom. The highest BCUT2D eigenvalue weighted by Crippen LogP contribution is 2.37. The van der Waals surface area contributed by atoms with Crippen LogP contribution in [0.3, 0.4) is 0 Å². The number of nitrogens with two attached hydrogens (primary N) is 1. The summed E-state index contributed by atoms with van der Waals surface area (Å²) in [6.45, 7) is 2.19. The quantitative estimate of drug-likeness (QED) is 0.827. The Kier molecular flexibility index (Phi) is 4.19. The van der Waals surface area contributed by atoms with Gasteiger partial charge in [0, 0.05) is 18.7 Å². The molecule has 0 amide bonds. The summed E-state index contributed by atoms with van der Waals surface area (Å²) in [5, 5.41) is 3.45. The molecule has 1 aromatic rings. The van der Waals surface area contributed by atoms with Crippen LogP contribution in [0.1, 0.15) is 38.5 Å². The minimum Gasteiger partial charge on any atom is -0.486 e. The molecule has 1 aromatic carbocycles. The van der Waals surface area contributed by atoms with Crippen molar-refractivity contribution in [1.82, 2.24) is 0 Å². The second-order valence-electron chi connectivity index (χ2n) is 5.80. The number of hydrogen-bond acceptors (Lipinski definition) is 4. The van der Waals surface area contributed by atoms with Crippen LogP contribution < -0.4 is 20.5 Å². The van der Waals surface area contributed by atoms with Crippen LogP contribution in [0.2, 0.25) is 0 Å². The van der Waals surface area contributed by atoms with Gasteiger partial charge in [-0.15, -0.1) is 0 Å². The van der Waals surface area contributed by atoms with E-state index in [0.29, 0.717) is 13.2 Å². The minimum atomic E-state index is 0.598. The number of ether oxygens (including phenoxy) is 2. The molecule has 3 N–H and O–H groups in total. The number of anilines is 2. The Hall–Kier alpha value is -1.58. The molecule has 0 aromatic heterocycles. The van der Waals surface area contributed by atoms with Crippen molar-refractivity contribution < 1.29 is 9.47 Å². The molecule has 0 saturated heterocycles. The maximum absolute atomic E-state index is 6.07. The van der Waals surface area contributed by atoms with Crippen molar-refractivity contribution >= 4 is 11.4 Å². The lowest BCUT2D eigenvalue weighted by Crippen LogP contribution is -2.16. The van der Waals surface area contributed by atoms with Crippen LogP contribution in [0, 0.1) is 5.92 Å². The molecule has 4 nitrogen and oxygen atoms in total. The highest BCUT2D eigenvalue weighted by atomic mass is 16.6. The van der Waals surface area contributed by atoms with E-state index in [1.54, 1.807) is 0 Å². The molecule has 0 atom stereocenters. The molecule has 0 bridgehead atoms. The van der Waals surface area contributed by atoms with Gasteiger partial charge in [0.15, 0.2) is 11.5 Å². The van der Waals surface area contributed by atoms with Gasteiger partial charge in [0.1, 0.15) is 13.2 Å². The van der Waals surface area contributed by atoms with E-state index in [4.69, 9.17) is 15.2 Å². The van der Waals surface area contributed by atoms with Crippen molar-refractivity contribution in [1.29, 1.82) is 0 Å². The van der Waals surface area contributed by atoms with Crippen LogP contribution >= 0.6 is 0 Å². The van der Waals surface area contributed by atoms with Crippen LogP contribution in [-0.4, -0.2) is 19.8 Å². The lowest BCUT2D eigenvalue weighted by Gasteiger charge is -2.23. The summed E-state index contributed by atoms with van der Waals surface area (Å²) in [7, 11) is 0. The number of benzene rings is 1. The molecule has 1 aliphatic carbocycles. The Morgan fingerprint density at radius 2 is 1.75 bits per heavy atom. The number of nitrogen functional groups attached to an aromatic ring is 1. The lowest BCUT2D eigenvalue weighted by molar-refractivity contribution is 0.172. The Morgan fingerprint density at radius 3 is 2.50 bits per heavy atom. The molecule has 3 rings (SSSR count). The van der Waals surface area contributed by atoms with E-state index in [1.807, 2.05) is 12.1 Å². The molecule has 4 heteroatoms. The van der Waals surface area contributed by atoms with Gasteiger partial charge >= 0.3 is 0 Å². The standard InChI is InChI=1S/C16H24N2O2/c17-13-10-15-16(20-9-8-19-15)11-14(13)18-7-6-12-4-2-1-3-5-12/h10-12,18H,1-9,17H2. The van der Waals surface area contributed by atoms with Crippen LogP contribution in [0.25, 0.3) is 0 Å². The normalized spacial score (nSPS) is 18.8. The predicted octanol–water partition coefficient (Wildman–Crippen LogP) is 3.42. The fourth-order valence-corrected chi connectivity index (χ4v) is 3.14.